The Hall–Kier alpha value is 0.460. The molecule has 2 rings (SSSR count). The summed E-state index contributed by atoms with van der Waals surface area (Å²) < 4.78 is 5.30. The Morgan fingerprint density at radius 1 is 1.15 bits per heavy atom. The van der Waals surface area contributed by atoms with Crippen molar-refractivity contribution in [2.24, 2.45) is 0 Å². The molecule has 0 amide bonds. The van der Waals surface area contributed by atoms with E-state index in [1.165, 1.54) is 19.5 Å². The summed E-state index contributed by atoms with van der Waals surface area (Å²) in [6, 6.07) is 0.791. The highest BCUT2D eigenvalue weighted by Crippen LogP contribution is 2.09. The summed E-state index contributed by atoms with van der Waals surface area (Å²) in [7, 11) is 0. The van der Waals surface area contributed by atoms with E-state index in [9.17, 15) is 0 Å². The summed E-state index contributed by atoms with van der Waals surface area (Å²) in [4.78, 5) is 2.55. The maximum atomic E-state index is 5.30. The van der Waals surface area contributed by atoms with Gasteiger partial charge in [-0.1, -0.05) is 0 Å². The number of hydrogen-bond acceptors (Lipinski definition) is 3. The second kappa shape index (κ2) is 6.85. The average Bonchev–Trinajstić information content (AvgIpc) is 2.58. The summed E-state index contributed by atoms with van der Waals surface area (Å²) in [5, 5.41) is 3.39. The van der Waals surface area contributed by atoms with Crippen LogP contribution in [0, 0.1) is 0 Å². The zero-order valence-corrected chi connectivity index (χ0v) is 9.33. The zero-order chi connectivity index (χ0) is 7.52. The molecule has 0 spiro atoms. The number of ether oxygens (including phenoxy) is 1. The highest BCUT2D eigenvalue weighted by atomic mass is 35.5. The molecule has 0 aliphatic carbocycles. The lowest BCUT2D eigenvalue weighted by Crippen LogP contribution is -2.44. The van der Waals surface area contributed by atoms with Crippen LogP contribution in [-0.4, -0.2) is 50.3 Å². The van der Waals surface area contributed by atoms with Gasteiger partial charge in [-0.15, -0.1) is 24.8 Å². The average molecular weight is 229 g/mol. The standard InChI is InChI=1S/C8H16N2O.2ClH/c1-2-9-7-8(1)10-3-5-11-6-4-10;;/h8-9H,1-7H2;2*1H/t8-;;/m1../s1. The van der Waals surface area contributed by atoms with Gasteiger partial charge in [0, 0.05) is 25.7 Å². The Morgan fingerprint density at radius 3 is 2.38 bits per heavy atom. The van der Waals surface area contributed by atoms with Gasteiger partial charge in [0.2, 0.25) is 0 Å². The van der Waals surface area contributed by atoms with Crippen molar-refractivity contribution in [2.75, 3.05) is 39.4 Å². The minimum absolute atomic E-state index is 0. The van der Waals surface area contributed by atoms with E-state index in [1.54, 1.807) is 0 Å². The van der Waals surface area contributed by atoms with Gasteiger partial charge in [-0.25, -0.2) is 0 Å². The molecule has 1 atom stereocenters. The van der Waals surface area contributed by atoms with Crippen molar-refractivity contribution in [3.8, 4) is 0 Å². The predicted octanol–water partition coefficient (Wildman–Crippen LogP) is 0.524. The second-order valence-corrected chi connectivity index (χ2v) is 3.29. The molecular weight excluding hydrogens is 211 g/mol. The van der Waals surface area contributed by atoms with E-state index in [2.05, 4.69) is 10.2 Å². The van der Waals surface area contributed by atoms with E-state index >= 15 is 0 Å². The molecule has 0 aromatic heterocycles. The van der Waals surface area contributed by atoms with Gasteiger partial charge in [-0.05, 0) is 13.0 Å². The van der Waals surface area contributed by atoms with Crippen LogP contribution in [-0.2, 0) is 4.74 Å². The fraction of sp³-hybridized carbons (Fsp3) is 1.00. The molecule has 3 nitrogen and oxygen atoms in total. The summed E-state index contributed by atoms with van der Waals surface area (Å²) >= 11 is 0. The second-order valence-electron chi connectivity index (χ2n) is 3.29. The third kappa shape index (κ3) is 3.60. The van der Waals surface area contributed by atoms with Crippen molar-refractivity contribution < 1.29 is 4.74 Å². The smallest absolute Gasteiger partial charge is 0.0594 e. The summed E-state index contributed by atoms with van der Waals surface area (Å²) in [6.07, 6.45) is 1.32. The SMILES string of the molecule is C1C[C@@H](N2CCOCC2)CN1.Cl.Cl. The highest BCUT2D eigenvalue weighted by molar-refractivity contribution is 5.85. The van der Waals surface area contributed by atoms with Crippen molar-refractivity contribution in [2.45, 2.75) is 12.5 Å². The minimum atomic E-state index is 0. The largest absolute Gasteiger partial charge is 0.379 e. The molecule has 0 saturated carbocycles. The summed E-state index contributed by atoms with van der Waals surface area (Å²) in [5.41, 5.74) is 0. The monoisotopic (exact) mass is 228 g/mol. The minimum Gasteiger partial charge on any atom is -0.379 e. The van der Waals surface area contributed by atoms with E-state index in [0.717, 1.165) is 32.3 Å². The molecule has 5 heteroatoms. The molecule has 0 aromatic rings. The lowest BCUT2D eigenvalue weighted by molar-refractivity contribution is 0.0206. The molecule has 0 radical (unpaired) electrons. The summed E-state index contributed by atoms with van der Waals surface area (Å²) in [5.74, 6) is 0. The fourth-order valence-electron chi connectivity index (χ4n) is 1.89. The van der Waals surface area contributed by atoms with Gasteiger partial charge >= 0.3 is 0 Å². The number of rotatable bonds is 1. The third-order valence-corrected chi connectivity index (χ3v) is 2.60. The van der Waals surface area contributed by atoms with E-state index in [1.807, 2.05) is 0 Å². The van der Waals surface area contributed by atoms with Crippen LogP contribution in [0.2, 0.25) is 0 Å². The van der Waals surface area contributed by atoms with Crippen LogP contribution in [0.3, 0.4) is 0 Å². The zero-order valence-electron chi connectivity index (χ0n) is 7.70. The van der Waals surface area contributed by atoms with E-state index in [0.29, 0.717) is 0 Å². The maximum absolute atomic E-state index is 5.30. The third-order valence-electron chi connectivity index (χ3n) is 2.60. The number of morpholine rings is 1. The van der Waals surface area contributed by atoms with Gasteiger partial charge < -0.3 is 10.1 Å². The molecule has 0 unspecified atom stereocenters. The van der Waals surface area contributed by atoms with Crippen LogP contribution >= 0.6 is 24.8 Å². The first-order valence-corrected chi connectivity index (χ1v) is 4.49. The van der Waals surface area contributed by atoms with Gasteiger partial charge in [0.25, 0.3) is 0 Å². The Morgan fingerprint density at radius 2 is 1.85 bits per heavy atom. The van der Waals surface area contributed by atoms with Crippen LogP contribution in [0.25, 0.3) is 0 Å². The molecular formula is C8H18Cl2N2O. The quantitative estimate of drug-likeness (QED) is 0.709. The van der Waals surface area contributed by atoms with Gasteiger partial charge in [0.15, 0.2) is 0 Å². The van der Waals surface area contributed by atoms with E-state index in [4.69, 9.17) is 4.74 Å². The Kier molecular flexibility index (Phi) is 7.09. The van der Waals surface area contributed by atoms with Crippen molar-refractivity contribution in [1.82, 2.24) is 10.2 Å². The molecule has 80 valence electrons. The predicted molar refractivity (Wildman–Crippen MR) is 58.2 cm³/mol. The molecule has 0 bridgehead atoms. The number of hydrogen-bond donors (Lipinski definition) is 1. The van der Waals surface area contributed by atoms with Gasteiger partial charge in [0.05, 0.1) is 13.2 Å². The van der Waals surface area contributed by atoms with Gasteiger partial charge in [0.1, 0.15) is 0 Å². The van der Waals surface area contributed by atoms with Crippen LogP contribution in [0.5, 0.6) is 0 Å². The molecule has 2 saturated heterocycles. The highest BCUT2D eigenvalue weighted by Gasteiger charge is 2.23. The Bertz CT molecular complexity index is 125. The Labute approximate surface area is 92.0 Å². The summed E-state index contributed by atoms with van der Waals surface area (Å²) in [6.45, 7) is 6.49. The van der Waals surface area contributed by atoms with E-state index in [-0.39, 0.29) is 24.8 Å². The number of halogens is 2. The first kappa shape index (κ1) is 13.5. The molecule has 13 heavy (non-hydrogen) atoms. The van der Waals surface area contributed by atoms with Crippen molar-refractivity contribution in [1.29, 1.82) is 0 Å². The molecule has 1 N–H and O–H groups in total. The van der Waals surface area contributed by atoms with Crippen LogP contribution in [0.1, 0.15) is 6.42 Å². The molecule has 2 aliphatic rings. The maximum Gasteiger partial charge on any atom is 0.0594 e. The first-order valence-electron chi connectivity index (χ1n) is 4.49. The van der Waals surface area contributed by atoms with E-state index < -0.39 is 0 Å². The number of nitrogens with zero attached hydrogens (tertiary/aromatic N) is 1. The Balaban J connectivity index is 0.000000720. The lowest BCUT2D eigenvalue weighted by Gasteiger charge is -2.31. The van der Waals surface area contributed by atoms with Crippen molar-refractivity contribution in [3.05, 3.63) is 0 Å². The normalized spacial score (nSPS) is 29.1. The lowest BCUT2D eigenvalue weighted by atomic mass is 10.2. The first-order chi connectivity index (χ1) is 5.47. The molecule has 2 aliphatic heterocycles. The van der Waals surface area contributed by atoms with Crippen molar-refractivity contribution >= 4 is 24.8 Å². The van der Waals surface area contributed by atoms with Crippen LogP contribution in [0.4, 0.5) is 0 Å². The van der Waals surface area contributed by atoms with Gasteiger partial charge in [-0.2, -0.15) is 0 Å². The fourth-order valence-corrected chi connectivity index (χ4v) is 1.89. The van der Waals surface area contributed by atoms with Crippen LogP contribution in [0.15, 0.2) is 0 Å². The van der Waals surface area contributed by atoms with Gasteiger partial charge in [-0.3, -0.25) is 4.90 Å². The number of nitrogens with one attached hydrogen (secondary N) is 1. The van der Waals surface area contributed by atoms with Crippen molar-refractivity contribution in [3.63, 3.8) is 0 Å². The molecule has 2 fully saturated rings. The molecule has 2 heterocycles. The molecule has 0 aromatic carbocycles. The topological polar surface area (TPSA) is 24.5 Å². The van der Waals surface area contributed by atoms with Crippen LogP contribution < -0.4 is 5.32 Å².